The van der Waals surface area contributed by atoms with Crippen LogP contribution in [0.15, 0.2) is 35.5 Å². The highest BCUT2D eigenvalue weighted by molar-refractivity contribution is 7.91. The first kappa shape index (κ1) is 16.8. The van der Waals surface area contributed by atoms with Gasteiger partial charge in [-0.15, -0.1) is 15.3 Å². The monoisotopic (exact) mass is 373 g/mol. The van der Waals surface area contributed by atoms with Gasteiger partial charge >= 0.3 is 0 Å². The molecule has 0 spiro atoms. The van der Waals surface area contributed by atoms with Crippen molar-refractivity contribution >= 4 is 9.84 Å². The number of sulfone groups is 1. The molecule has 4 rings (SSSR count). The van der Waals surface area contributed by atoms with Gasteiger partial charge in [0, 0.05) is 0 Å². The Morgan fingerprint density at radius 1 is 1.15 bits per heavy atom. The van der Waals surface area contributed by atoms with E-state index in [0.29, 0.717) is 18.2 Å². The molecular formula is C16H19N7O2S. The normalized spacial score (nSPS) is 15.9. The van der Waals surface area contributed by atoms with E-state index in [1.165, 1.54) is 0 Å². The molecule has 26 heavy (non-hydrogen) atoms. The molecule has 1 aromatic carbocycles. The lowest BCUT2D eigenvalue weighted by atomic mass is 10.2. The van der Waals surface area contributed by atoms with Crippen LogP contribution < -0.4 is 0 Å². The predicted molar refractivity (Wildman–Crippen MR) is 92.0 cm³/mol. The second-order valence-electron chi connectivity index (χ2n) is 6.50. The molecule has 0 N–H and O–H groups in total. The molecule has 0 saturated heterocycles. The topological polar surface area (TPSA) is 108 Å². The van der Waals surface area contributed by atoms with Gasteiger partial charge in [0.1, 0.15) is 11.1 Å². The second kappa shape index (κ2) is 6.27. The average Bonchev–Trinajstić information content (AvgIpc) is 3.25. The van der Waals surface area contributed by atoms with Crippen LogP contribution >= 0.6 is 0 Å². The van der Waals surface area contributed by atoms with E-state index in [0.717, 1.165) is 18.4 Å². The van der Waals surface area contributed by atoms with E-state index in [1.807, 2.05) is 30.3 Å². The fourth-order valence-electron chi connectivity index (χ4n) is 2.86. The van der Waals surface area contributed by atoms with Gasteiger partial charge in [-0.05, 0) is 42.7 Å². The molecule has 0 radical (unpaired) electrons. The third kappa shape index (κ3) is 2.90. The van der Waals surface area contributed by atoms with Crippen LogP contribution in [0.5, 0.6) is 0 Å². The summed E-state index contributed by atoms with van der Waals surface area (Å²) in [5.74, 6) is 0.890. The Balaban J connectivity index is 1.71. The standard InChI is InChI=1S/C16H19N7O2S/c1-11(15-18-20-21-23(15)14-8-9-14)26(24,25)16-19-17-12(2)22(16)10-13-6-4-3-5-7-13/h3-7,11,14H,8-10H2,1-2H3. The van der Waals surface area contributed by atoms with Gasteiger partial charge in [0.25, 0.3) is 5.16 Å². The maximum atomic E-state index is 13.2. The zero-order chi connectivity index (χ0) is 18.3. The molecule has 9 nitrogen and oxygen atoms in total. The molecule has 1 aliphatic rings. The second-order valence-corrected chi connectivity index (χ2v) is 8.66. The molecule has 1 atom stereocenters. The van der Waals surface area contributed by atoms with Crippen molar-refractivity contribution in [1.82, 2.24) is 35.0 Å². The SMILES string of the molecule is Cc1nnc(S(=O)(=O)C(C)c2nnnn2C2CC2)n1Cc1ccccc1. The van der Waals surface area contributed by atoms with Gasteiger partial charge in [-0.25, -0.2) is 13.1 Å². The Hall–Kier alpha value is -2.62. The fraction of sp³-hybridized carbons (Fsp3) is 0.438. The van der Waals surface area contributed by atoms with E-state index in [1.54, 1.807) is 23.1 Å². The van der Waals surface area contributed by atoms with Crippen molar-refractivity contribution in [1.29, 1.82) is 0 Å². The minimum absolute atomic E-state index is 0.0586. The molecule has 1 unspecified atom stereocenters. The van der Waals surface area contributed by atoms with E-state index in [4.69, 9.17) is 0 Å². The maximum Gasteiger partial charge on any atom is 0.250 e. The van der Waals surface area contributed by atoms with Crippen molar-refractivity contribution in [2.75, 3.05) is 0 Å². The minimum atomic E-state index is -3.79. The summed E-state index contributed by atoms with van der Waals surface area (Å²) in [5, 5.41) is 18.5. The van der Waals surface area contributed by atoms with Crippen LogP contribution in [-0.2, 0) is 16.4 Å². The molecule has 10 heteroatoms. The minimum Gasteiger partial charge on any atom is -0.298 e. The van der Waals surface area contributed by atoms with Crippen molar-refractivity contribution in [2.45, 2.75) is 49.7 Å². The molecule has 0 amide bonds. The van der Waals surface area contributed by atoms with Crippen LogP contribution in [0.2, 0.25) is 0 Å². The molecule has 2 heterocycles. The lowest BCUT2D eigenvalue weighted by Gasteiger charge is -2.14. The highest BCUT2D eigenvalue weighted by Crippen LogP contribution is 2.37. The van der Waals surface area contributed by atoms with Crippen LogP contribution in [-0.4, -0.2) is 43.4 Å². The summed E-state index contributed by atoms with van der Waals surface area (Å²) in [7, 11) is -3.79. The van der Waals surface area contributed by atoms with E-state index in [9.17, 15) is 8.42 Å². The number of aryl methyl sites for hydroxylation is 1. The van der Waals surface area contributed by atoms with Crippen LogP contribution in [0.3, 0.4) is 0 Å². The van der Waals surface area contributed by atoms with Crippen LogP contribution in [0, 0.1) is 6.92 Å². The summed E-state index contributed by atoms with van der Waals surface area (Å²) in [4.78, 5) is 0. The van der Waals surface area contributed by atoms with Crippen molar-refractivity contribution in [3.05, 3.63) is 47.5 Å². The van der Waals surface area contributed by atoms with Gasteiger partial charge < -0.3 is 0 Å². The third-order valence-corrected chi connectivity index (χ3v) is 6.53. The molecular weight excluding hydrogens is 354 g/mol. The number of benzene rings is 1. The summed E-state index contributed by atoms with van der Waals surface area (Å²) in [5.41, 5.74) is 0.974. The number of hydrogen-bond donors (Lipinski definition) is 0. The number of aromatic nitrogens is 7. The molecule has 0 aliphatic heterocycles. The van der Waals surface area contributed by atoms with Crippen LogP contribution in [0.25, 0.3) is 0 Å². The van der Waals surface area contributed by atoms with Gasteiger partial charge in [-0.3, -0.25) is 4.57 Å². The van der Waals surface area contributed by atoms with E-state index in [2.05, 4.69) is 25.7 Å². The van der Waals surface area contributed by atoms with E-state index < -0.39 is 15.1 Å². The Labute approximate surface area is 151 Å². The smallest absolute Gasteiger partial charge is 0.250 e. The van der Waals surface area contributed by atoms with Gasteiger partial charge in [0.2, 0.25) is 9.84 Å². The predicted octanol–water partition coefficient (Wildman–Crippen LogP) is 1.49. The van der Waals surface area contributed by atoms with Gasteiger partial charge in [-0.2, -0.15) is 0 Å². The van der Waals surface area contributed by atoms with Crippen molar-refractivity contribution in [3.63, 3.8) is 0 Å². The quantitative estimate of drug-likeness (QED) is 0.644. The number of rotatable bonds is 6. The maximum absolute atomic E-state index is 13.2. The van der Waals surface area contributed by atoms with Crippen molar-refractivity contribution < 1.29 is 8.42 Å². The Morgan fingerprint density at radius 3 is 2.58 bits per heavy atom. The summed E-state index contributed by atoms with van der Waals surface area (Å²) >= 11 is 0. The first-order valence-electron chi connectivity index (χ1n) is 8.44. The first-order chi connectivity index (χ1) is 12.5. The lowest BCUT2D eigenvalue weighted by molar-refractivity contribution is 0.541. The fourth-order valence-corrected chi connectivity index (χ4v) is 4.27. The van der Waals surface area contributed by atoms with E-state index in [-0.39, 0.29) is 11.2 Å². The number of tetrazole rings is 1. The highest BCUT2D eigenvalue weighted by Gasteiger charge is 2.37. The van der Waals surface area contributed by atoms with Gasteiger partial charge in [-0.1, -0.05) is 30.3 Å². The lowest BCUT2D eigenvalue weighted by Crippen LogP contribution is -2.20. The van der Waals surface area contributed by atoms with Crippen LogP contribution in [0.1, 0.15) is 48.3 Å². The Bertz CT molecular complexity index is 1020. The molecule has 3 aromatic rings. The van der Waals surface area contributed by atoms with Crippen molar-refractivity contribution in [3.8, 4) is 0 Å². The summed E-state index contributed by atoms with van der Waals surface area (Å²) in [6.07, 6.45) is 1.93. The van der Waals surface area contributed by atoms with Gasteiger partial charge in [0.15, 0.2) is 5.82 Å². The molecule has 136 valence electrons. The average molecular weight is 373 g/mol. The Morgan fingerprint density at radius 2 is 1.88 bits per heavy atom. The molecule has 1 fully saturated rings. The van der Waals surface area contributed by atoms with E-state index >= 15 is 0 Å². The third-order valence-electron chi connectivity index (χ3n) is 4.58. The zero-order valence-electron chi connectivity index (χ0n) is 14.5. The first-order valence-corrected chi connectivity index (χ1v) is 9.98. The molecule has 2 aromatic heterocycles. The van der Waals surface area contributed by atoms with Gasteiger partial charge in [0.05, 0.1) is 12.6 Å². The summed E-state index contributed by atoms with van der Waals surface area (Å²) in [6.45, 7) is 3.72. The molecule has 1 saturated carbocycles. The number of hydrogen-bond acceptors (Lipinski definition) is 7. The summed E-state index contributed by atoms with van der Waals surface area (Å²) in [6, 6.07) is 9.81. The zero-order valence-corrected chi connectivity index (χ0v) is 15.3. The largest absolute Gasteiger partial charge is 0.298 e. The molecule has 0 bridgehead atoms. The molecule has 1 aliphatic carbocycles. The Kier molecular flexibility index (Phi) is 4.06. The van der Waals surface area contributed by atoms with Crippen molar-refractivity contribution in [2.24, 2.45) is 0 Å². The van der Waals surface area contributed by atoms with Crippen LogP contribution in [0.4, 0.5) is 0 Å². The summed E-state index contributed by atoms with van der Waals surface area (Å²) < 4.78 is 29.7. The highest BCUT2D eigenvalue weighted by atomic mass is 32.2. The number of nitrogens with zero attached hydrogens (tertiary/aromatic N) is 7.